The third-order valence-corrected chi connectivity index (χ3v) is 2.59. The number of ether oxygens (including phenoxy) is 1. The van der Waals surface area contributed by atoms with E-state index in [1.807, 2.05) is 0 Å². The minimum absolute atomic E-state index is 0.0936. The van der Waals surface area contributed by atoms with Crippen LogP contribution in [0.25, 0.3) is 0 Å². The van der Waals surface area contributed by atoms with Crippen LogP contribution in [0.15, 0.2) is 45.9 Å². The molecule has 0 unspecified atom stereocenters. The van der Waals surface area contributed by atoms with Gasteiger partial charge in [-0.15, -0.1) is 0 Å². The van der Waals surface area contributed by atoms with Crippen LogP contribution in [0.4, 0.5) is 11.6 Å². The van der Waals surface area contributed by atoms with E-state index in [9.17, 15) is 25.0 Å². The SMILES string of the molecule is O=C(COc1ccc([N+](=O)[O-])cc1)N/N=C/c1ccc([N+](=O)[O-])o1. The van der Waals surface area contributed by atoms with Crippen LogP contribution in [0.5, 0.6) is 5.75 Å². The Bertz CT molecular complexity index is 782. The summed E-state index contributed by atoms with van der Waals surface area (Å²) in [5.74, 6) is -0.658. The molecule has 11 heteroatoms. The second-order valence-corrected chi connectivity index (χ2v) is 4.27. The molecule has 0 fully saturated rings. The van der Waals surface area contributed by atoms with Crippen LogP contribution < -0.4 is 10.2 Å². The molecule has 24 heavy (non-hydrogen) atoms. The largest absolute Gasteiger partial charge is 0.484 e. The van der Waals surface area contributed by atoms with E-state index in [1.165, 1.54) is 30.3 Å². The Hall–Kier alpha value is -3.76. The van der Waals surface area contributed by atoms with Gasteiger partial charge in [0.15, 0.2) is 12.4 Å². The van der Waals surface area contributed by atoms with Crippen LogP contribution in [-0.4, -0.2) is 28.6 Å². The Kier molecular flexibility index (Phi) is 5.18. The lowest BCUT2D eigenvalue weighted by atomic mass is 10.3. The first-order valence-electron chi connectivity index (χ1n) is 6.39. The van der Waals surface area contributed by atoms with Gasteiger partial charge in [0.1, 0.15) is 10.7 Å². The molecule has 0 radical (unpaired) electrons. The number of carbonyl (C=O) groups excluding carboxylic acids is 1. The van der Waals surface area contributed by atoms with Gasteiger partial charge in [-0.3, -0.25) is 25.0 Å². The fraction of sp³-hybridized carbons (Fsp3) is 0.0769. The standard InChI is InChI=1S/C13H10N4O7/c18-12(8-23-10-3-1-9(2-4-10)16(19)20)15-14-7-11-5-6-13(24-11)17(21)22/h1-7H,8H2,(H,15,18)/b14-7+. The molecular weight excluding hydrogens is 324 g/mol. The molecule has 0 bridgehead atoms. The minimum atomic E-state index is -0.700. The summed E-state index contributed by atoms with van der Waals surface area (Å²) in [6.45, 7) is -0.368. The Morgan fingerprint density at radius 2 is 1.88 bits per heavy atom. The predicted octanol–water partition coefficient (Wildman–Crippen LogP) is 1.63. The molecular formula is C13H10N4O7. The van der Waals surface area contributed by atoms with Crippen molar-refractivity contribution in [1.29, 1.82) is 0 Å². The third kappa shape index (κ3) is 4.62. The Morgan fingerprint density at radius 3 is 2.46 bits per heavy atom. The molecule has 0 aliphatic heterocycles. The van der Waals surface area contributed by atoms with Gasteiger partial charge in [0, 0.05) is 12.1 Å². The third-order valence-electron chi connectivity index (χ3n) is 2.59. The van der Waals surface area contributed by atoms with E-state index in [0.717, 1.165) is 12.3 Å². The van der Waals surface area contributed by atoms with E-state index in [2.05, 4.69) is 10.5 Å². The van der Waals surface area contributed by atoms with Crippen molar-refractivity contribution in [2.24, 2.45) is 5.10 Å². The number of nitrogens with one attached hydrogen (secondary N) is 1. The fourth-order valence-corrected chi connectivity index (χ4v) is 1.52. The lowest BCUT2D eigenvalue weighted by Gasteiger charge is -2.04. The smallest absolute Gasteiger partial charge is 0.433 e. The van der Waals surface area contributed by atoms with E-state index in [-0.39, 0.29) is 23.8 Å². The van der Waals surface area contributed by atoms with Crippen LogP contribution in [0.2, 0.25) is 0 Å². The van der Waals surface area contributed by atoms with E-state index in [4.69, 9.17) is 9.15 Å². The van der Waals surface area contributed by atoms with Crippen molar-refractivity contribution < 1.29 is 23.8 Å². The number of furan rings is 1. The lowest BCUT2D eigenvalue weighted by molar-refractivity contribution is -0.402. The average Bonchev–Trinajstić information content (AvgIpc) is 3.02. The highest BCUT2D eigenvalue weighted by molar-refractivity contribution is 5.81. The molecule has 1 aromatic heterocycles. The molecule has 2 aromatic rings. The highest BCUT2D eigenvalue weighted by Gasteiger charge is 2.10. The molecule has 0 saturated heterocycles. The van der Waals surface area contributed by atoms with Gasteiger partial charge in [0.05, 0.1) is 17.2 Å². The van der Waals surface area contributed by atoms with Crippen molar-refractivity contribution in [1.82, 2.24) is 5.43 Å². The van der Waals surface area contributed by atoms with Crippen LogP contribution in [0.1, 0.15) is 5.76 Å². The van der Waals surface area contributed by atoms with Gasteiger partial charge in [0.2, 0.25) is 0 Å². The number of nitrogens with zero attached hydrogens (tertiary/aromatic N) is 3. The molecule has 1 aromatic carbocycles. The van der Waals surface area contributed by atoms with E-state index in [1.54, 1.807) is 0 Å². The van der Waals surface area contributed by atoms with Gasteiger partial charge in [0.25, 0.3) is 11.6 Å². The topological polar surface area (TPSA) is 150 Å². The normalized spacial score (nSPS) is 10.5. The Morgan fingerprint density at radius 1 is 1.17 bits per heavy atom. The lowest BCUT2D eigenvalue weighted by Crippen LogP contribution is -2.24. The quantitative estimate of drug-likeness (QED) is 0.459. The molecule has 0 saturated carbocycles. The molecule has 0 aliphatic rings. The first-order chi connectivity index (χ1) is 11.5. The number of hydrogen-bond donors (Lipinski definition) is 1. The average molecular weight is 334 g/mol. The van der Waals surface area contributed by atoms with Crippen LogP contribution in [0.3, 0.4) is 0 Å². The van der Waals surface area contributed by atoms with Gasteiger partial charge >= 0.3 is 5.88 Å². The maximum atomic E-state index is 11.5. The van der Waals surface area contributed by atoms with Crippen molar-refractivity contribution in [3.8, 4) is 5.75 Å². The fourth-order valence-electron chi connectivity index (χ4n) is 1.52. The van der Waals surface area contributed by atoms with Crippen molar-refractivity contribution in [3.63, 3.8) is 0 Å². The number of rotatable bonds is 7. The number of nitro benzene ring substituents is 1. The first kappa shape index (κ1) is 16.6. The second-order valence-electron chi connectivity index (χ2n) is 4.27. The van der Waals surface area contributed by atoms with Crippen molar-refractivity contribution >= 4 is 23.7 Å². The maximum Gasteiger partial charge on any atom is 0.433 e. The highest BCUT2D eigenvalue weighted by atomic mass is 16.6. The van der Waals surface area contributed by atoms with E-state index in [0.29, 0.717) is 0 Å². The van der Waals surface area contributed by atoms with E-state index < -0.39 is 21.6 Å². The van der Waals surface area contributed by atoms with Gasteiger partial charge in [-0.2, -0.15) is 5.10 Å². The molecule has 1 amide bonds. The molecule has 0 spiro atoms. The van der Waals surface area contributed by atoms with Crippen LogP contribution in [0, 0.1) is 20.2 Å². The zero-order chi connectivity index (χ0) is 17.5. The number of non-ortho nitro benzene ring substituents is 1. The molecule has 1 heterocycles. The van der Waals surface area contributed by atoms with Crippen LogP contribution >= 0.6 is 0 Å². The summed E-state index contributed by atoms with van der Waals surface area (Å²) in [6, 6.07) is 7.68. The number of amides is 1. The molecule has 11 nitrogen and oxygen atoms in total. The molecule has 1 N–H and O–H groups in total. The number of hydrogen-bond acceptors (Lipinski definition) is 8. The Balaban J connectivity index is 1.79. The summed E-state index contributed by atoms with van der Waals surface area (Å²) in [5.41, 5.74) is 2.04. The number of hydrazone groups is 1. The molecule has 0 aliphatic carbocycles. The second kappa shape index (κ2) is 7.49. The summed E-state index contributed by atoms with van der Waals surface area (Å²) in [7, 11) is 0. The van der Waals surface area contributed by atoms with Crippen molar-refractivity contribution in [2.75, 3.05) is 6.61 Å². The van der Waals surface area contributed by atoms with Crippen molar-refractivity contribution in [2.45, 2.75) is 0 Å². The summed E-state index contributed by atoms with van der Waals surface area (Å²) in [6.07, 6.45) is 1.09. The van der Waals surface area contributed by atoms with Gasteiger partial charge < -0.3 is 9.15 Å². The predicted molar refractivity (Wildman–Crippen MR) is 79.7 cm³/mol. The zero-order valence-corrected chi connectivity index (χ0v) is 11.9. The first-order valence-corrected chi connectivity index (χ1v) is 6.39. The number of benzene rings is 1. The van der Waals surface area contributed by atoms with Crippen LogP contribution in [-0.2, 0) is 4.79 Å². The zero-order valence-electron chi connectivity index (χ0n) is 11.9. The molecule has 2 rings (SSSR count). The minimum Gasteiger partial charge on any atom is -0.484 e. The van der Waals surface area contributed by atoms with Crippen molar-refractivity contribution in [3.05, 3.63) is 62.4 Å². The Labute approximate surface area is 133 Å². The molecule has 0 atom stereocenters. The summed E-state index contributed by atoms with van der Waals surface area (Å²) < 4.78 is 9.92. The van der Waals surface area contributed by atoms with Gasteiger partial charge in [-0.25, -0.2) is 5.43 Å². The number of carbonyl (C=O) groups is 1. The summed E-state index contributed by atoms with van der Waals surface area (Å²) in [4.78, 5) is 31.2. The number of nitro groups is 2. The maximum absolute atomic E-state index is 11.5. The van der Waals surface area contributed by atoms with Gasteiger partial charge in [-0.1, -0.05) is 0 Å². The highest BCUT2D eigenvalue weighted by Crippen LogP contribution is 2.17. The molecule has 124 valence electrons. The summed E-state index contributed by atoms with van der Waals surface area (Å²) in [5, 5.41) is 24.5. The summed E-state index contributed by atoms with van der Waals surface area (Å²) >= 11 is 0. The van der Waals surface area contributed by atoms with Gasteiger partial charge in [-0.05, 0) is 18.2 Å². The monoisotopic (exact) mass is 334 g/mol. The van der Waals surface area contributed by atoms with E-state index >= 15 is 0 Å².